The molecule has 0 aromatic rings. The quantitative estimate of drug-likeness (QED) is 0.828. The van der Waals surface area contributed by atoms with E-state index in [1.807, 2.05) is 0 Å². The molecule has 0 amide bonds. The molecule has 0 radical (unpaired) electrons. The van der Waals surface area contributed by atoms with Crippen LogP contribution in [0, 0.1) is 5.41 Å². The molecule has 3 unspecified atom stereocenters. The van der Waals surface area contributed by atoms with Gasteiger partial charge in [-0.2, -0.15) is 0 Å². The maximum atomic E-state index is 10.1. The smallest absolute Gasteiger partial charge is 0.0555 e. The van der Waals surface area contributed by atoms with Crippen molar-refractivity contribution in [1.29, 1.82) is 0 Å². The normalized spacial score (nSPS) is 33.2. The van der Waals surface area contributed by atoms with Crippen molar-refractivity contribution in [2.75, 3.05) is 6.54 Å². The summed E-state index contributed by atoms with van der Waals surface area (Å²) in [5, 5.41) is 10.1. The van der Waals surface area contributed by atoms with Gasteiger partial charge < -0.3 is 5.11 Å². The van der Waals surface area contributed by atoms with Gasteiger partial charge in [0.25, 0.3) is 0 Å². The van der Waals surface area contributed by atoms with E-state index in [2.05, 4.69) is 25.7 Å². The van der Waals surface area contributed by atoms with Crippen LogP contribution in [0.25, 0.3) is 0 Å². The first-order valence-corrected chi connectivity index (χ1v) is 8.06. The van der Waals surface area contributed by atoms with Crippen molar-refractivity contribution in [3.63, 3.8) is 0 Å². The van der Waals surface area contributed by atoms with Crippen LogP contribution in [0.15, 0.2) is 0 Å². The van der Waals surface area contributed by atoms with Gasteiger partial charge in [0.15, 0.2) is 0 Å². The number of nitrogens with zero attached hydrogens (tertiary/aromatic N) is 1. The van der Waals surface area contributed by atoms with Gasteiger partial charge in [-0.15, -0.1) is 0 Å². The van der Waals surface area contributed by atoms with Crippen LogP contribution in [0.3, 0.4) is 0 Å². The summed E-state index contributed by atoms with van der Waals surface area (Å²) in [6, 6.07) is 1.28. The second-order valence-electron chi connectivity index (χ2n) is 6.60. The monoisotopic (exact) mass is 253 g/mol. The predicted molar refractivity (Wildman–Crippen MR) is 76.7 cm³/mol. The van der Waals surface area contributed by atoms with Crippen molar-refractivity contribution < 1.29 is 5.11 Å². The molecule has 0 saturated heterocycles. The summed E-state index contributed by atoms with van der Waals surface area (Å²) in [6.45, 7) is 8.06. The molecule has 0 bridgehead atoms. The minimum atomic E-state index is -0.0562. The fraction of sp³-hybridized carbons (Fsp3) is 1.00. The Bertz CT molecular complexity index is 260. The summed E-state index contributed by atoms with van der Waals surface area (Å²) in [6.07, 6.45) is 10.1. The first-order chi connectivity index (χ1) is 8.63. The van der Waals surface area contributed by atoms with E-state index in [0.29, 0.717) is 17.5 Å². The molecule has 2 heteroatoms. The molecule has 0 aromatic carbocycles. The Balaban J connectivity index is 2.18. The lowest BCUT2D eigenvalue weighted by Crippen LogP contribution is -2.54. The van der Waals surface area contributed by atoms with Crippen molar-refractivity contribution in [2.45, 2.75) is 90.3 Å². The van der Waals surface area contributed by atoms with Gasteiger partial charge in [-0.1, -0.05) is 26.7 Å². The molecule has 2 rings (SSSR count). The predicted octanol–water partition coefficient (Wildman–Crippen LogP) is 3.58. The van der Waals surface area contributed by atoms with E-state index in [-0.39, 0.29) is 6.10 Å². The second-order valence-corrected chi connectivity index (χ2v) is 6.60. The zero-order valence-corrected chi connectivity index (χ0v) is 12.5. The van der Waals surface area contributed by atoms with E-state index in [4.69, 9.17) is 0 Å². The van der Waals surface area contributed by atoms with Crippen molar-refractivity contribution in [2.24, 2.45) is 5.41 Å². The van der Waals surface area contributed by atoms with Gasteiger partial charge in [0, 0.05) is 12.1 Å². The lowest BCUT2D eigenvalue weighted by molar-refractivity contribution is -0.0391. The molecule has 18 heavy (non-hydrogen) atoms. The average Bonchev–Trinajstić information content (AvgIpc) is 2.84. The van der Waals surface area contributed by atoms with E-state index in [1.54, 1.807) is 0 Å². The summed E-state index contributed by atoms with van der Waals surface area (Å²) < 4.78 is 0. The molecule has 3 atom stereocenters. The molecule has 106 valence electrons. The third kappa shape index (κ3) is 2.60. The van der Waals surface area contributed by atoms with E-state index < -0.39 is 0 Å². The molecule has 1 N–H and O–H groups in total. The van der Waals surface area contributed by atoms with Crippen LogP contribution in [0.1, 0.15) is 72.1 Å². The van der Waals surface area contributed by atoms with Crippen LogP contribution in [-0.4, -0.2) is 34.7 Å². The van der Waals surface area contributed by atoms with Gasteiger partial charge >= 0.3 is 0 Å². The zero-order valence-electron chi connectivity index (χ0n) is 12.5. The van der Waals surface area contributed by atoms with Crippen LogP contribution in [0.2, 0.25) is 0 Å². The highest BCUT2D eigenvalue weighted by molar-refractivity contribution is 5.00. The summed E-state index contributed by atoms with van der Waals surface area (Å²) >= 11 is 0. The van der Waals surface area contributed by atoms with Crippen molar-refractivity contribution in [3.05, 3.63) is 0 Å². The molecule has 0 aliphatic heterocycles. The second kappa shape index (κ2) is 5.92. The van der Waals surface area contributed by atoms with Crippen LogP contribution >= 0.6 is 0 Å². The SMILES string of the molecule is CCC(C)N(CC)C1CC(O)CCC12CCCC2. The minimum absolute atomic E-state index is 0.0562. The molecular weight excluding hydrogens is 222 g/mol. The van der Waals surface area contributed by atoms with Gasteiger partial charge in [-0.3, -0.25) is 4.90 Å². The molecular formula is C16H31NO. The zero-order chi connectivity index (χ0) is 13.2. The Morgan fingerprint density at radius 2 is 1.89 bits per heavy atom. The Hall–Kier alpha value is -0.0800. The molecule has 2 aliphatic rings. The Morgan fingerprint density at radius 3 is 2.44 bits per heavy atom. The van der Waals surface area contributed by atoms with Crippen LogP contribution < -0.4 is 0 Å². The fourth-order valence-corrected chi connectivity index (χ4v) is 4.47. The first kappa shape index (κ1) is 14.3. The largest absolute Gasteiger partial charge is 0.393 e. The van der Waals surface area contributed by atoms with E-state index >= 15 is 0 Å². The Kier molecular flexibility index (Phi) is 4.71. The molecule has 2 nitrogen and oxygen atoms in total. The van der Waals surface area contributed by atoms with E-state index in [0.717, 1.165) is 19.4 Å². The number of aliphatic hydroxyl groups excluding tert-OH is 1. The highest BCUT2D eigenvalue weighted by Crippen LogP contribution is 2.51. The van der Waals surface area contributed by atoms with Crippen molar-refractivity contribution in [3.8, 4) is 0 Å². The molecule has 2 fully saturated rings. The van der Waals surface area contributed by atoms with Crippen LogP contribution in [0.5, 0.6) is 0 Å². The van der Waals surface area contributed by atoms with Gasteiger partial charge in [-0.25, -0.2) is 0 Å². The topological polar surface area (TPSA) is 23.5 Å². The van der Waals surface area contributed by atoms with Crippen LogP contribution in [-0.2, 0) is 0 Å². The van der Waals surface area contributed by atoms with E-state index in [1.165, 1.54) is 38.5 Å². The summed E-state index contributed by atoms with van der Waals surface area (Å²) in [7, 11) is 0. The molecule has 1 spiro atoms. The van der Waals surface area contributed by atoms with E-state index in [9.17, 15) is 5.11 Å². The first-order valence-electron chi connectivity index (χ1n) is 8.06. The molecule has 0 heterocycles. The number of hydrogen-bond donors (Lipinski definition) is 1. The number of hydrogen-bond acceptors (Lipinski definition) is 2. The lowest BCUT2D eigenvalue weighted by Gasteiger charge is -2.50. The van der Waals surface area contributed by atoms with Crippen molar-refractivity contribution in [1.82, 2.24) is 4.90 Å². The number of aliphatic hydroxyl groups is 1. The summed E-state index contributed by atoms with van der Waals surface area (Å²) in [5.74, 6) is 0. The maximum absolute atomic E-state index is 10.1. The fourth-order valence-electron chi connectivity index (χ4n) is 4.47. The summed E-state index contributed by atoms with van der Waals surface area (Å²) in [5.41, 5.74) is 0.540. The maximum Gasteiger partial charge on any atom is 0.0555 e. The average molecular weight is 253 g/mol. The molecule has 2 saturated carbocycles. The van der Waals surface area contributed by atoms with Gasteiger partial charge in [0.1, 0.15) is 0 Å². The van der Waals surface area contributed by atoms with Crippen LogP contribution in [0.4, 0.5) is 0 Å². The minimum Gasteiger partial charge on any atom is -0.393 e. The highest BCUT2D eigenvalue weighted by atomic mass is 16.3. The lowest BCUT2D eigenvalue weighted by atomic mass is 9.67. The third-order valence-corrected chi connectivity index (χ3v) is 5.70. The third-order valence-electron chi connectivity index (χ3n) is 5.70. The highest BCUT2D eigenvalue weighted by Gasteiger charge is 2.47. The Morgan fingerprint density at radius 1 is 1.22 bits per heavy atom. The summed E-state index contributed by atoms with van der Waals surface area (Å²) in [4.78, 5) is 2.69. The van der Waals surface area contributed by atoms with Gasteiger partial charge in [-0.05, 0) is 57.4 Å². The van der Waals surface area contributed by atoms with Gasteiger partial charge in [0.2, 0.25) is 0 Å². The number of rotatable bonds is 4. The Labute approximate surface area is 113 Å². The molecule has 2 aliphatic carbocycles. The standard InChI is InChI=1S/C16H31NO/c1-4-13(3)17(5-2)15-12-14(18)8-11-16(15)9-6-7-10-16/h13-15,18H,4-12H2,1-3H3. The van der Waals surface area contributed by atoms with Gasteiger partial charge in [0.05, 0.1) is 6.10 Å². The molecule has 0 aromatic heterocycles. The van der Waals surface area contributed by atoms with Crippen molar-refractivity contribution >= 4 is 0 Å².